The Morgan fingerprint density at radius 2 is 1.62 bits per heavy atom. The normalized spacial score (nSPS) is 10.9. The molecule has 0 atom stereocenters. The SMILES string of the molecule is CCOc1ccc(NS(=O)(=O)c2ccc(NC(=O)c3cccc([N+](=O)[O-])c3C)cc2)cc1. The molecule has 0 aliphatic rings. The number of benzene rings is 3. The van der Waals surface area contributed by atoms with E-state index in [1.165, 1.54) is 49.4 Å². The van der Waals surface area contributed by atoms with Crippen LogP contribution in [0.3, 0.4) is 0 Å². The van der Waals surface area contributed by atoms with Gasteiger partial charge in [-0.15, -0.1) is 0 Å². The molecule has 0 heterocycles. The molecule has 0 spiro atoms. The monoisotopic (exact) mass is 455 g/mol. The number of sulfonamides is 1. The molecule has 10 heteroatoms. The van der Waals surface area contributed by atoms with E-state index in [1.807, 2.05) is 6.92 Å². The molecular weight excluding hydrogens is 434 g/mol. The highest BCUT2D eigenvalue weighted by atomic mass is 32.2. The van der Waals surface area contributed by atoms with Crippen LogP contribution in [-0.2, 0) is 10.0 Å². The fourth-order valence-corrected chi connectivity index (χ4v) is 4.04. The van der Waals surface area contributed by atoms with E-state index in [0.717, 1.165) is 0 Å². The van der Waals surface area contributed by atoms with Gasteiger partial charge in [0, 0.05) is 28.6 Å². The number of nitro groups is 1. The molecule has 0 aromatic heterocycles. The fraction of sp³-hybridized carbons (Fsp3) is 0.136. The van der Waals surface area contributed by atoms with E-state index < -0.39 is 20.9 Å². The Morgan fingerprint density at radius 1 is 1.00 bits per heavy atom. The maximum Gasteiger partial charge on any atom is 0.273 e. The average molecular weight is 455 g/mol. The molecule has 9 nitrogen and oxygen atoms in total. The van der Waals surface area contributed by atoms with Crippen LogP contribution in [0.15, 0.2) is 71.6 Å². The standard InChI is InChI=1S/C22H21N3O6S/c1-3-31-18-11-7-17(8-12-18)24-32(29,30)19-13-9-16(10-14-19)23-22(26)20-5-4-6-21(15(20)2)25(27)28/h4-14,24H,3H2,1-2H3,(H,23,26). The van der Waals surface area contributed by atoms with Gasteiger partial charge < -0.3 is 10.1 Å². The van der Waals surface area contributed by atoms with Crippen LogP contribution in [0.2, 0.25) is 0 Å². The van der Waals surface area contributed by atoms with Crippen molar-refractivity contribution in [2.75, 3.05) is 16.6 Å². The zero-order valence-electron chi connectivity index (χ0n) is 17.4. The van der Waals surface area contributed by atoms with Crippen molar-refractivity contribution in [3.8, 4) is 5.75 Å². The van der Waals surface area contributed by atoms with Gasteiger partial charge in [0.1, 0.15) is 5.75 Å². The Kier molecular flexibility index (Phi) is 6.74. The molecule has 3 rings (SSSR count). The number of carbonyl (C=O) groups is 1. The average Bonchev–Trinajstić information content (AvgIpc) is 2.75. The number of amides is 1. The van der Waals surface area contributed by atoms with Crippen molar-refractivity contribution >= 4 is 33.0 Å². The summed E-state index contributed by atoms with van der Waals surface area (Å²) in [5, 5.41) is 13.7. The minimum absolute atomic E-state index is 0.0101. The van der Waals surface area contributed by atoms with Gasteiger partial charge in [-0.25, -0.2) is 8.42 Å². The zero-order valence-corrected chi connectivity index (χ0v) is 18.2. The van der Waals surface area contributed by atoms with Crippen molar-refractivity contribution in [2.45, 2.75) is 18.7 Å². The van der Waals surface area contributed by atoms with Crippen LogP contribution in [0.5, 0.6) is 5.75 Å². The largest absolute Gasteiger partial charge is 0.494 e. The summed E-state index contributed by atoms with van der Waals surface area (Å²) in [6, 6.07) is 16.3. The van der Waals surface area contributed by atoms with E-state index in [9.17, 15) is 23.3 Å². The molecule has 0 aliphatic carbocycles. The smallest absolute Gasteiger partial charge is 0.273 e. The third-order valence-electron chi connectivity index (χ3n) is 4.59. The van der Waals surface area contributed by atoms with E-state index in [-0.39, 0.29) is 21.7 Å². The van der Waals surface area contributed by atoms with Crippen LogP contribution in [0.4, 0.5) is 17.1 Å². The first kappa shape index (κ1) is 22.8. The lowest BCUT2D eigenvalue weighted by molar-refractivity contribution is -0.385. The lowest BCUT2D eigenvalue weighted by atomic mass is 10.1. The Hall–Kier alpha value is -3.92. The number of carbonyl (C=O) groups excluding carboxylic acids is 1. The van der Waals surface area contributed by atoms with Crippen molar-refractivity contribution in [2.24, 2.45) is 0 Å². The number of hydrogen-bond donors (Lipinski definition) is 2. The topological polar surface area (TPSA) is 128 Å². The summed E-state index contributed by atoms with van der Waals surface area (Å²) in [4.78, 5) is 23.1. The first-order chi connectivity index (χ1) is 15.2. The van der Waals surface area contributed by atoms with Crippen LogP contribution < -0.4 is 14.8 Å². The lowest BCUT2D eigenvalue weighted by Gasteiger charge is -2.11. The highest BCUT2D eigenvalue weighted by Crippen LogP contribution is 2.23. The Morgan fingerprint density at radius 3 is 2.22 bits per heavy atom. The van der Waals surface area contributed by atoms with Crippen LogP contribution in [0.1, 0.15) is 22.8 Å². The Bertz CT molecular complexity index is 1240. The summed E-state index contributed by atoms with van der Waals surface area (Å²) in [6.07, 6.45) is 0. The fourth-order valence-electron chi connectivity index (χ4n) is 2.98. The molecule has 0 unspecified atom stereocenters. The number of nitrogens with zero attached hydrogens (tertiary/aromatic N) is 1. The number of hydrogen-bond acceptors (Lipinski definition) is 6. The van der Waals surface area contributed by atoms with E-state index in [0.29, 0.717) is 23.7 Å². The van der Waals surface area contributed by atoms with Crippen molar-refractivity contribution in [3.05, 3.63) is 88.0 Å². The van der Waals surface area contributed by atoms with Gasteiger partial charge in [0.05, 0.1) is 16.4 Å². The predicted octanol–water partition coefficient (Wildman–Crippen LogP) is 4.36. The van der Waals surface area contributed by atoms with Gasteiger partial charge in [-0.2, -0.15) is 0 Å². The van der Waals surface area contributed by atoms with Gasteiger partial charge in [-0.1, -0.05) is 6.07 Å². The molecule has 3 aromatic carbocycles. The molecule has 0 radical (unpaired) electrons. The van der Waals surface area contributed by atoms with E-state index >= 15 is 0 Å². The van der Waals surface area contributed by atoms with Crippen molar-refractivity contribution < 1.29 is 22.9 Å². The molecule has 0 saturated heterocycles. The second-order valence-corrected chi connectivity index (χ2v) is 8.43. The molecule has 3 aromatic rings. The second-order valence-electron chi connectivity index (χ2n) is 6.75. The van der Waals surface area contributed by atoms with Gasteiger partial charge >= 0.3 is 0 Å². The second kappa shape index (κ2) is 9.48. The Balaban J connectivity index is 1.72. The maximum absolute atomic E-state index is 12.6. The molecule has 0 saturated carbocycles. The molecule has 166 valence electrons. The van der Waals surface area contributed by atoms with E-state index in [2.05, 4.69) is 10.0 Å². The summed E-state index contributed by atoms with van der Waals surface area (Å²) >= 11 is 0. The minimum Gasteiger partial charge on any atom is -0.494 e. The van der Waals surface area contributed by atoms with Gasteiger partial charge in [0.2, 0.25) is 0 Å². The number of anilines is 2. The third kappa shape index (κ3) is 5.22. The number of nitrogens with one attached hydrogen (secondary N) is 2. The van der Waals surface area contributed by atoms with Gasteiger partial charge in [-0.3, -0.25) is 19.6 Å². The van der Waals surface area contributed by atoms with Crippen molar-refractivity contribution in [1.82, 2.24) is 0 Å². The summed E-state index contributed by atoms with van der Waals surface area (Å²) in [7, 11) is -3.84. The predicted molar refractivity (Wildman–Crippen MR) is 121 cm³/mol. The van der Waals surface area contributed by atoms with Crippen LogP contribution in [-0.4, -0.2) is 25.9 Å². The first-order valence-electron chi connectivity index (χ1n) is 9.62. The zero-order chi connectivity index (χ0) is 23.3. The summed E-state index contributed by atoms with van der Waals surface area (Å²) in [5.41, 5.74) is 0.981. The number of ether oxygens (including phenoxy) is 1. The number of nitro benzene ring substituents is 1. The Labute approximate surface area is 185 Å². The van der Waals surface area contributed by atoms with Gasteiger partial charge in [-0.05, 0) is 68.4 Å². The molecule has 0 fully saturated rings. The lowest BCUT2D eigenvalue weighted by Crippen LogP contribution is -2.15. The molecular formula is C22H21N3O6S. The highest BCUT2D eigenvalue weighted by Gasteiger charge is 2.19. The van der Waals surface area contributed by atoms with Crippen LogP contribution in [0.25, 0.3) is 0 Å². The first-order valence-corrected chi connectivity index (χ1v) is 11.1. The van der Waals surface area contributed by atoms with Crippen LogP contribution >= 0.6 is 0 Å². The molecule has 32 heavy (non-hydrogen) atoms. The van der Waals surface area contributed by atoms with Gasteiger partial charge in [0.15, 0.2) is 0 Å². The van der Waals surface area contributed by atoms with E-state index in [4.69, 9.17) is 4.74 Å². The highest BCUT2D eigenvalue weighted by molar-refractivity contribution is 7.92. The van der Waals surface area contributed by atoms with E-state index in [1.54, 1.807) is 24.3 Å². The summed E-state index contributed by atoms with van der Waals surface area (Å²) in [5.74, 6) is 0.101. The minimum atomic E-state index is -3.84. The van der Waals surface area contributed by atoms with Crippen LogP contribution in [0, 0.1) is 17.0 Å². The van der Waals surface area contributed by atoms with Crippen molar-refractivity contribution in [3.63, 3.8) is 0 Å². The summed E-state index contributed by atoms with van der Waals surface area (Å²) < 4.78 is 33.1. The van der Waals surface area contributed by atoms with Crippen molar-refractivity contribution in [1.29, 1.82) is 0 Å². The molecule has 2 N–H and O–H groups in total. The molecule has 1 amide bonds. The molecule has 0 bridgehead atoms. The maximum atomic E-state index is 12.6. The molecule has 0 aliphatic heterocycles. The van der Waals surface area contributed by atoms with Gasteiger partial charge in [0.25, 0.3) is 21.6 Å². The number of rotatable bonds is 8. The third-order valence-corrected chi connectivity index (χ3v) is 5.98. The summed E-state index contributed by atoms with van der Waals surface area (Å²) in [6.45, 7) is 3.86. The quantitative estimate of drug-likeness (QED) is 0.384.